The molecule has 0 amide bonds. The summed E-state index contributed by atoms with van der Waals surface area (Å²) in [4.78, 5) is 34.7. The Balaban J connectivity index is 4.87. The van der Waals surface area contributed by atoms with E-state index in [1.807, 2.05) is 0 Å². The Morgan fingerprint density at radius 2 is 1.40 bits per heavy atom. The van der Waals surface area contributed by atoms with Crippen molar-refractivity contribution < 1.29 is 33.3 Å². The van der Waals surface area contributed by atoms with Gasteiger partial charge in [0.2, 0.25) is 0 Å². The van der Waals surface area contributed by atoms with Crippen molar-refractivity contribution in [2.24, 2.45) is 5.41 Å². The molecule has 7 heteroatoms. The first-order valence-corrected chi connectivity index (χ1v) is 6.50. The number of ether oxygens (including phenoxy) is 4. The highest BCUT2D eigenvalue weighted by Crippen LogP contribution is 2.27. The molecule has 0 atom stereocenters. The minimum Gasteiger partial charge on any atom is -0.465 e. The highest BCUT2D eigenvalue weighted by molar-refractivity contribution is 6.00. The van der Waals surface area contributed by atoms with E-state index in [-0.39, 0.29) is 33.0 Å². The highest BCUT2D eigenvalue weighted by Gasteiger charge is 2.48. The Bertz CT molecular complexity index is 320. The third kappa shape index (κ3) is 5.16. The zero-order valence-corrected chi connectivity index (χ0v) is 12.4. The zero-order chi connectivity index (χ0) is 15.6. The third-order valence-electron chi connectivity index (χ3n) is 2.63. The van der Waals surface area contributed by atoms with Gasteiger partial charge in [0, 0.05) is 6.92 Å². The smallest absolute Gasteiger partial charge is 0.325 e. The van der Waals surface area contributed by atoms with Crippen molar-refractivity contribution in [2.75, 3.05) is 26.6 Å². The fraction of sp³-hybridized carbons (Fsp3) is 0.769. The molecule has 116 valence electrons. The van der Waals surface area contributed by atoms with Crippen LogP contribution in [0.25, 0.3) is 0 Å². The van der Waals surface area contributed by atoms with Gasteiger partial charge in [-0.25, -0.2) is 0 Å². The molecule has 0 bridgehead atoms. The van der Waals surface area contributed by atoms with Crippen molar-refractivity contribution >= 4 is 17.9 Å². The molecule has 7 nitrogen and oxygen atoms in total. The van der Waals surface area contributed by atoms with Crippen molar-refractivity contribution in [1.82, 2.24) is 0 Å². The quantitative estimate of drug-likeness (QED) is 0.206. The maximum atomic E-state index is 12.0. The molecular formula is C13H22O7. The van der Waals surface area contributed by atoms with Gasteiger partial charge in [0.1, 0.15) is 0 Å². The van der Waals surface area contributed by atoms with E-state index in [0.717, 1.165) is 0 Å². The molecule has 0 spiro atoms. The molecule has 0 rings (SSSR count). The molecule has 0 aromatic carbocycles. The van der Waals surface area contributed by atoms with Crippen molar-refractivity contribution in [3.63, 3.8) is 0 Å². The topological polar surface area (TPSA) is 88.1 Å². The minimum atomic E-state index is -1.54. The average molecular weight is 290 g/mol. The summed E-state index contributed by atoms with van der Waals surface area (Å²) in [6.07, 6.45) is 0.157. The van der Waals surface area contributed by atoms with Gasteiger partial charge in [0.05, 0.1) is 19.8 Å². The van der Waals surface area contributed by atoms with Gasteiger partial charge in [-0.05, 0) is 20.3 Å². The van der Waals surface area contributed by atoms with E-state index in [2.05, 4.69) is 4.74 Å². The molecule has 0 aliphatic carbocycles. The molecule has 20 heavy (non-hydrogen) atoms. The monoisotopic (exact) mass is 290 g/mol. The second-order valence-corrected chi connectivity index (χ2v) is 3.98. The van der Waals surface area contributed by atoms with Gasteiger partial charge in [0.15, 0.2) is 12.2 Å². The van der Waals surface area contributed by atoms with Gasteiger partial charge in [-0.15, -0.1) is 0 Å². The van der Waals surface area contributed by atoms with Gasteiger partial charge in [-0.3, -0.25) is 14.4 Å². The maximum Gasteiger partial charge on any atom is 0.325 e. The molecule has 0 heterocycles. The molecule has 0 fully saturated rings. The van der Waals surface area contributed by atoms with Crippen LogP contribution in [0.3, 0.4) is 0 Å². The standard InChI is InChI=1S/C13H22O7/c1-5-13(11(15)18-6-2,12(16)19-7-3)8-17-9-20-10(4)14/h5-9H2,1-4H3. The van der Waals surface area contributed by atoms with Crippen LogP contribution in [0.15, 0.2) is 0 Å². The Morgan fingerprint density at radius 3 is 1.75 bits per heavy atom. The van der Waals surface area contributed by atoms with Crippen LogP contribution in [-0.2, 0) is 33.3 Å². The van der Waals surface area contributed by atoms with Crippen LogP contribution in [0.2, 0.25) is 0 Å². The Hall–Kier alpha value is -1.63. The normalized spacial score (nSPS) is 10.8. The van der Waals surface area contributed by atoms with E-state index >= 15 is 0 Å². The molecule has 0 aromatic heterocycles. The lowest BCUT2D eigenvalue weighted by atomic mass is 9.86. The van der Waals surface area contributed by atoms with E-state index in [9.17, 15) is 14.4 Å². The summed E-state index contributed by atoms with van der Waals surface area (Å²) < 4.78 is 19.5. The van der Waals surface area contributed by atoms with Crippen LogP contribution >= 0.6 is 0 Å². The highest BCUT2D eigenvalue weighted by atomic mass is 16.7. The van der Waals surface area contributed by atoms with Crippen molar-refractivity contribution in [3.05, 3.63) is 0 Å². The summed E-state index contributed by atoms with van der Waals surface area (Å²) in [5.41, 5.74) is -1.54. The van der Waals surface area contributed by atoms with Crippen molar-refractivity contribution in [3.8, 4) is 0 Å². The maximum absolute atomic E-state index is 12.0. The molecule has 0 aliphatic heterocycles. The summed E-state index contributed by atoms with van der Waals surface area (Å²) in [7, 11) is 0. The largest absolute Gasteiger partial charge is 0.465 e. The third-order valence-corrected chi connectivity index (χ3v) is 2.63. The summed E-state index contributed by atoms with van der Waals surface area (Å²) in [6, 6.07) is 0. The Kier molecular flexibility index (Phi) is 8.54. The number of hydrogen-bond donors (Lipinski definition) is 0. The van der Waals surface area contributed by atoms with Gasteiger partial charge < -0.3 is 18.9 Å². The number of hydrogen-bond acceptors (Lipinski definition) is 7. The van der Waals surface area contributed by atoms with Gasteiger partial charge in [-0.1, -0.05) is 6.92 Å². The van der Waals surface area contributed by atoms with E-state index in [0.29, 0.717) is 0 Å². The van der Waals surface area contributed by atoms with Crippen LogP contribution in [-0.4, -0.2) is 44.5 Å². The predicted molar refractivity (Wildman–Crippen MR) is 68.6 cm³/mol. The van der Waals surface area contributed by atoms with Crippen LogP contribution in [0, 0.1) is 5.41 Å². The van der Waals surface area contributed by atoms with Gasteiger partial charge >= 0.3 is 17.9 Å². The fourth-order valence-electron chi connectivity index (χ4n) is 1.47. The number of esters is 3. The van der Waals surface area contributed by atoms with Crippen LogP contribution in [0.5, 0.6) is 0 Å². The average Bonchev–Trinajstić information content (AvgIpc) is 2.39. The van der Waals surface area contributed by atoms with E-state index in [1.165, 1.54) is 6.92 Å². The van der Waals surface area contributed by atoms with E-state index in [1.54, 1.807) is 20.8 Å². The van der Waals surface area contributed by atoms with Crippen LogP contribution in [0.4, 0.5) is 0 Å². The lowest BCUT2D eigenvalue weighted by Gasteiger charge is -2.27. The Labute approximate surface area is 118 Å². The number of carbonyl (C=O) groups is 3. The first-order valence-electron chi connectivity index (χ1n) is 6.50. The minimum absolute atomic E-state index is 0.143. The molecule has 0 saturated heterocycles. The van der Waals surface area contributed by atoms with Crippen LogP contribution in [0.1, 0.15) is 34.1 Å². The first kappa shape index (κ1) is 18.4. The molecule has 0 aliphatic rings. The molecule has 0 aromatic rings. The lowest BCUT2D eigenvalue weighted by molar-refractivity contribution is -0.182. The molecule has 0 N–H and O–H groups in total. The molecular weight excluding hydrogens is 268 g/mol. The molecule has 0 unspecified atom stereocenters. The molecule has 0 saturated carbocycles. The zero-order valence-electron chi connectivity index (χ0n) is 12.4. The predicted octanol–water partition coefficient (Wildman–Crippen LogP) is 1.05. The summed E-state index contributed by atoms with van der Waals surface area (Å²) in [5, 5.41) is 0. The van der Waals surface area contributed by atoms with Gasteiger partial charge in [0.25, 0.3) is 0 Å². The van der Waals surface area contributed by atoms with Crippen molar-refractivity contribution in [1.29, 1.82) is 0 Å². The lowest BCUT2D eigenvalue weighted by Crippen LogP contribution is -2.45. The van der Waals surface area contributed by atoms with Crippen LogP contribution < -0.4 is 0 Å². The number of carbonyl (C=O) groups excluding carboxylic acids is 3. The second-order valence-electron chi connectivity index (χ2n) is 3.98. The fourth-order valence-corrected chi connectivity index (χ4v) is 1.47. The Morgan fingerprint density at radius 1 is 0.900 bits per heavy atom. The van der Waals surface area contributed by atoms with Gasteiger partial charge in [-0.2, -0.15) is 0 Å². The first-order chi connectivity index (χ1) is 9.44. The summed E-state index contributed by atoms with van der Waals surface area (Å²) in [5.74, 6) is -1.92. The SMILES string of the molecule is CCOC(=O)C(CC)(COCOC(C)=O)C(=O)OCC. The molecule has 0 radical (unpaired) electrons. The second kappa shape index (κ2) is 9.30. The summed E-state index contributed by atoms with van der Waals surface area (Å²) in [6.45, 7) is 5.85. The summed E-state index contributed by atoms with van der Waals surface area (Å²) >= 11 is 0. The number of rotatable bonds is 9. The van der Waals surface area contributed by atoms with Crippen molar-refractivity contribution in [2.45, 2.75) is 34.1 Å². The van der Waals surface area contributed by atoms with E-state index in [4.69, 9.17) is 14.2 Å². The van der Waals surface area contributed by atoms with E-state index < -0.39 is 23.3 Å².